The summed E-state index contributed by atoms with van der Waals surface area (Å²) in [6, 6.07) is 15.5. The van der Waals surface area contributed by atoms with Crippen molar-refractivity contribution in [3.8, 4) is 11.1 Å². The van der Waals surface area contributed by atoms with Gasteiger partial charge in [0.25, 0.3) is 0 Å². The summed E-state index contributed by atoms with van der Waals surface area (Å²) in [4.78, 5) is 35.6. The number of carbonyl (C=O) groups is 1. The molecule has 0 fully saturated rings. The lowest BCUT2D eigenvalue weighted by Gasteiger charge is -2.05. The average Bonchev–Trinajstić information content (AvgIpc) is 2.60. The number of rotatable bonds is 2. The topological polar surface area (TPSA) is 77.5 Å². The Morgan fingerprint density at radius 1 is 0.800 bits per heavy atom. The maximum absolute atomic E-state index is 12.3. The summed E-state index contributed by atoms with van der Waals surface area (Å²) in [5, 5.41) is 1.37. The third-order valence-electron chi connectivity index (χ3n) is 4.06. The Labute approximate surface area is 141 Å². The maximum Gasteiger partial charge on any atom is 0.347 e. The maximum atomic E-state index is 12.3. The van der Waals surface area contributed by atoms with Crippen molar-refractivity contribution < 1.29 is 13.6 Å². The van der Waals surface area contributed by atoms with Gasteiger partial charge < -0.3 is 8.83 Å². The molecule has 0 unspecified atom stereocenters. The van der Waals surface area contributed by atoms with Crippen LogP contribution in [0.3, 0.4) is 0 Å². The largest absolute Gasteiger partial charge is 0.422 e. The van der Waals surface area contributed by atoms with Crippen LogP contribution >= 0.6 is 0 Å². The minimum Gasteiger partial charge on any atom is -0.422 e. The van der Waals surface area contributed by atoms with Gasteiger partial charge in [0, 0.05) is 10.8 Å². The number of hydrogen-bond acceptors (Lipinski definition) is 5. The first-order valence-electron chi connectivity index (χ1n) is 7.65. The standard InChI is InChI=1S/C20H12O5/c1-11(21)15-10-14-8-12(6-7-18(14)25-19(15)22)16-9-13-4-2-3-5-17(13)24-20(16)23/h2-10H,1H3. The Kier molecular flexibility index (Phi) is 3.35. The Bertz CT molecular complexity index is 1260. The number of carbonyl (C=O) groups excluding carboxylic acids is 1. The van der Waals surface area contributed by atoms with Gasteiger partial charge in [-0.1, -0.05) is 24.3 Å². The molecule has 0 aliphatic rings. The van der Waals surface area contributed by atoms with Crippen molar-refractivity contribution >= 4 is 27.7 Å². The van der Waals surface area contributed by atoms with Crippen LogP contribution in [0, 0.1) is 0 Å². The van der Waals surface area contributed by atoms with Crippen LogP contribution in [0.1, 0.15) is 17.3 Å². The van der Waals surface area contributed by atoms with Gasteiger partial charge in [-0.2, -0.15) is 0 Å². The number of ketones is 1. The van der Waals surface area contributed by atoms with Crippen LogP contribution in [-0.2, 0) is 0 Å². The molecular weight excluding hydrogens is 320 g/mol. The van der Waals surface area contributed by atoms with Crippen molar-refractivity contribution in [2.75, 3.05) is 0 Å². The fraction of sp³-hybridized carbons (Fsp3) is 0.0500. The van der Waals surface area contributed by atoms with Crippen LogP contribution in [0.25, 0.3) is 33.1 Å². The molecule has 0 atom stereocenters. The second-order valence-corrected chi connectivity index (χ2v) is 5.74. The van der Waals surface area contributed by atoms with Crippen molar-refractivity contribution in [3.63, 3.8) is 0 Å². The molecule has 2 aromatic carbocycles. The van der Waals surface area contributed by atoms with E-state index in [4.69, 9.17) is 8.83 Å². The minimum absolute atomic E-state index is 0.0183. The Hall–Kier alpha value is -3.47. The summed E-state index contributed by atoms with van der Waals surface area (Å²) in [5.41, 5.74) is 0.743. The molecule has 0 saturated carbocycles. The van der Waals surface area contributed by atoms with E-state index < -0.39 is 11.3 Å². The molecule has 0 aliphatic heterocycles. The number of para-hydroxylation sites is 1. The third kappa shape index (κ3) is 2.55. The van der Waals surface area contributed by atoms with Crippen LogP contribution in [-0.4, -0.2) is 5.78 Å². The minimum atomic E-state index is -0.669. The fourth-order valence-electron chi connectivity index (χ4n) is 2.80. The smallest absolute Gasteiger partial charge is 0.347 e. The Morgan fingerprint density at radius 3 is 2.32 bits per heavy atom. The number of hydrogen-bond donors (Lipinski definition) is 0. The second kappa shape index (κ2) is 5.56. The highest BCUT2D eigenvalue weighted by molar-refractivity contribution is 5.97. The van der Waals surface area contributed by atoms with Crippen LogP contribution in [0.4, 0.5) is 0 Å². The van der Waals surface area contributed by atoms with Crippen molar-refractivity contribution in [2.45, 2.75) is 6.92 Å². The molecule has 4 rings (SSSR count). The van der Waals surface area contributed by atoms with Gasteiger partial charge in [0.1, 0.15) is 16.7 Å². The summed E-state index contributed by atoms with van der Waals surface area (Å²) in [6.07, 6.45) is 0. The predicted octanol–water partition coefficient (Wildman–Crippen LogP) is 3.77. The van der Waals surface area contributed by atoms with Gasteiger partial charge in [0.15, 0.2) is 5.78 Å². The summed E-state index contributed by atoms with van der Waals surface area (Å²) in [5.74, 6) is -0.369. The quantitative estimate of drug-likeness (QED) is 0.412. The molecular formula is C20H12O5. The zero-order chi connectivity index (χ0) is 17.6. The van der Waals surface area contributed by atoms with Gasteiger partial charge in [0.05, 0.1) is 5.56 Å². The van der Waals surface area contributed by atoms with Gasteiger partial charge in [-0.3, -0.25) is 4.79 Å². The molecule has 2 heterocycles. The molecule has 0 N–H and O–H groups in total. The van der Waals surface area contributed by atoms with Gasteiger partial charge >= 0.3 is 11.3 Å². The van der Waals surface area contributed by atoms with E-state index in [1.165, 1.54) is 13.0 Å². The summed E-state index contributed by atoms with van der Waals surface area (Å²) in [6.45, 7) is 1.31. The van der Waals surface area contributed by atoms with Gasteiger partial charge in [0.2, 0.25) is 0 Å². The van der Waals surface area contributed by atoms with Gasteiger partial charge in [-0.05, 0) is 42.8 Å². The Morgan fingerprint density at radius 2 is 1.52 bits per heavy atom. The van der Waals surface area contributed by atoms with Crippen LogP contribution < -0.4 is 11.3 Å². The summed E-state index contributed by atoms with van der Waals surface area (Å²) < 4.78 is 10.5. The average molecular weight is 332 g/mol. The van der Waals surface area contributed by atoms with Crippen LogP contribution in [0.15, 0.2) is 73.0 Å². The molecule has 5 heteroatoms. The predicted molar refractivity (Wildman–Crippen MR) is 94.0 cm³/mol. The molecule has 0 aliphatic carbocycles. The molecule has 0 spiro atoms. The van der Waals surface area contributed by atoms with E-state index in [9.17, 15) is 14.4 Å². The lowest BCUT2D eigenvalue weighted by atomic mass is 10.0. The highest BCUT2D eigenvalue weighted by Gasteiger charge is 2.12. The lowest BCUT2D eigenvalue weighted by molar-refractivity contribution is 0.101. The van der Waals surface area contributed by atoms with E-state index in [1.807, 2.05) is 12.1 Å². The first-order chi connectivity index (χ1) is 12.0. The third-order valence-corrected chi connectivity index (χ3v) is 4.06. The van der Waals surface area contributed by atoms with Crippen molar-refractivity contribution in [3.05, 3.63) is 81.0 Å². The molecule has 0 radical (unpaired) electrons. The van der Waals surface area contributed by atoms with Crippen molar-refractivity contribution in [1.82, 2.24) is 0 Å². The highest BCUT2D eigenvalue weighted by Crippen LogP contribution is 2.25. The second-order valence-electron chi connectivity index (χ2n) is 5.74. The van der Waals surface area contributed by atoms with Crippen LogP contribution in [0.5, 0.6) is 0 Å². The van der Waals surface area contributed by atoms with E-state index in [2.05, 4.69) is 0 Å². The monoisotopic (exact) mass is 332 g/mol. The lowest BCUT2D eigenvalue weighted by Crippen LogP contribution is -2.11. The fourth-order valence-corrected chi connectivity index (χ4v) is 2.80. The molecule has 122 valence electrons. The normalized spacial score (nSPS) is 11.1. The van der Waals surface area contributed by atoms with Crippen LogP contribution in [0.2, 0.25) is 0 Å². The van der Waals surface area contributed by atoms with E-state index in [0.717, 1.165) is 5.39 Å². The zero-order valence-corrected chi connectivity index (χ0v) is 13.2. The SMILES string of the molecule is CC(=O)c1cc2cc(-c3cc4ccccc4oc3=O)ccc2oc1=O. The molecule has 4 aromatic rings. The van der Waals surface area contributed by atoms with Gasteiger partial charge in [-0.15, -0.1) is 0 Å². The zero-order valence-electron chi connectivity index (χ0n) is 13.2. The van der Waals surface area contributed by atoms with E-state index in [0.29, 0.717) is 27.7 Å². The first kappa shape index (κ1) is 15.1. The summed E-state index contributed by atoms with van der Waals surface area (Å²) >= 11 is 0. The molecule has 2 aromatic heterocycles. The van der Waals surface area contributed by atoms with Gasteiger partial charge in [-0.25, -0.2) is 9.59 Å². The van der Waals surface area contributed by atoms with Crippen molar-refractivity contribution in [1.29, 1.82) is 0 Å². The number of Topliss-reactive ketones (excluding diaryl/α,β-unsaturated/α-hetero) is 1. The van der Waals surface area contributed by atoms with E-state index >= 15 is 0 Å². The molecule has 5 nitrogen and oxygen atoms in total. The molecule has 0 amide bonds. The van der Waals surface area contributed by atoms with E-state index in [1.54, 1.807) is 36.4 Å². The number of benzene rings is 2. The molecule has 0 bridgehead atoms. The Balaban J connectivity index is 1.97. The molecule has 25 heavy (non-hydrogen) atoms. The highest BCUT2D eigenvalue weighted by atomic mass is 16.4. The summed E-state index contributed by atoms with van der Waals surface area (Å²) in [7, 11) is 0. The first-order valence-corrected chi connectivity index (χ1v) is 7.65. The van der Waals surface area contributed by atoms with Crippen molar-refractivity contribution in [2.24, 2.45) is 0 Å². The van der Waals surface area contributed by atoms with E-state index in [-0.39, 0.29) is 11.3 Å². The molecule has 0 saturated heterocycles. The number of fused-ring (bicyclic) bond motifs is 2.